The molecule has 0 saturated carbocycles. The summed E-state index contributed by atoms with van der Waals surface area (Å²) in [5.41, 5.74) is 1.42. The van der Waals surface area contributed by atoms with Gasteiger partial charge in [-0.25, -0.2) is 26.3 Å². The van der Waals surface area contributed by atoms with E-state index in [-0.39, 0.29) is 16.9 Å². The number of benzene rings is 2. The van der Waals surface area contributed by atoms with E-state index in [2.05, 4.69) is 6.07 Å². The summed E-state index contributed by atoms with van der Waals surface area (Å²) >= 11 is 0. The van der Waals surface area contributed by atoms with Gasteiger partial charge in [0.25, 0.3) is 11.8 Å². The molecule has 2 aromatic carbocycles. The topological polar surface area (TPSA) is 126 Å². The molecule has 0 spiro atoms. The predicted molar refractivity (Wildman–Crippen MR) is 109 cm³/mol. The van der Waals surface area contributed by atoms with E-state index in [1.807, 2.05) is 16.4 Å². The number of hydrogen-bond acceptors (Lipinski definition) is 6. The maximum Gasteiger partial charge on any atom is 0.264 e. The largest absolute Gasteiger partial charge is 0.268 e. The van der Waals surface area contributed by atoms with E-state index in [1.165, 1.54) is 30.3 Å². The Bertz CT molecular complexity index is 1110. The van der Waals surface area contributed by atoms with Crippen LogP contribution in [0.15, 0.2) is 42.5 Å². The van der Waals surface area contributed by atoms with Crippen LogP contribution in [0.5, 0.6) is 0 Å². The van der Waals surface area contributed by atoms with Crippen LogP contribution >= 0.6 is 0 Å². The highest BCUT2D eigenvalue weighted by Crippen LogP contribution is 2.21. The molecule has 2 amide bonds. The molecular formula is C19H21N2O6S2. The fraction of sp³-hybridized carbons (Fsp3) is 0.263. The lowest BCUT2D eigenvalue weighted by Gasteiger charge is -2.08. The normalized spacial score (nSPS) is 11.7. The number of nitrogens with one attached hydrogen (secondary N) is 2. The van der Waals surface area contributed by atoms with Gasteiger partial charge in [-0.2, -0.15) is 0 Å². The minimum atomic E-state index is -3.69. The molecule has 2 aromatic rings. The number of carbonyl (C=O) groups is 2. The summed E-state index contributed by atoms with van der Waals surface area (Å²) < 4.78 is 50.0. The van der Waals surface area contributed by atoms with Crippen molar-refractivity contribution in [2.45, 2.75) is 19.8 Å². The lowest BCUT2D eigenvalue weighted by Crippen LogP contribution is -2.32. The summed E-state index contributed by atoms with van der Waals surface area (Å²) in [6, 6.07) is 13.4. The highest BCUT2D eigenvalue weighted by Gasteiger charge is 2.16. The minimum Gasteiger partial charge on any atom is -0.268 e. The molecule has 0 unspecified atom stereocenters. The second-order valence-electron chi connectivity index (χ2n) is 6.38. The van der Waals surface area contributed by atoms with Gasteiger partial charge in [0.2, 0.25) is 20.0 Å². The Kier molecular flexibility index (Phi) is 7.15. The van der Waals surface area contributed by atoms with Gasteiger partial charge in [0, 0.05) is 11.1 Å². The zero-order valence-electron chi connectivity index (χ0n) is 15.9. The summed E-state index contributed by atoms with van der Waals surface area (Å²) in [5.74, 6) is -1.61. The van der Waals surface area contributed by atoms with Crippen LogP contribution in [0.3, 0.4) is 0 Å². The molecule has 0 aliphatic heterocycles. The Labute approximate surface area is 170 Å². The summed E-state index contributed by atoms with van der Waals surface area (Å²) in [6.07, 6.45) is 2.04. The third-order valence-corrected chi connectivity index (χ3v) is 5.69. The fourth-order valence-corrected chi connectivity index (χ4v) is 4.01. The molecule has 0 aromatic heterocycles. The SMILES string of the molecule is CCCCS(=O)(=O)NC(=O)c1ccc(-c2[c]ccc(C(=O)NS(C)(=O)=O)c2)cc1. The first kappa shape index (κ1) is 22.6. The molecule has 10 heteroatoms. The number of rotatable bonds is 8. The van der Waals surface area contributed by atoms with Crippen molar-refractivity contribution in [1.29, 1.82) is 0 Å². The second kappa shape index (κ2) is 9.19. The molecule has 0 aliphatic carbocycles. The number of unbranched alkanes of at least 4 members (excludes halogenated alkanes) is 1. The second-order valence-corrected chi connectivity index (χ2v) is 9.97. The predicted octanol–water partition coefficient (Wildman–Crippen LogP) is 1.70. The fourth-order valence-electron chi connectivity index (χ4n) is 2.39. The number of hydrogen-bond donors (Lipinski definition) is 2. The van der Waals surface area contributed by atoms with Crippen LogP contribution in [-0.2, 0) is 20.0 Å². The third kappa shape index (κ3) is 6.99. The first-order valence-corrected chi connectivity index (χ1v) is 12.2. The van der Waals surface area contributed by atoms with Gasteiger partial charge in [0.05, 0.1) is 12.0 Å². The van der Waals surface area contributed by atoms with Crippen molar-refractivity contribution in [1.82, 2.24) is 9.44 Å². The zero-order chi connectivity index (χ0) is 21.7. The van der Waals surface area contributed by atoms with Crippen molar-refractivity contribution >= 4 is 31.9 Å². The first-order chi connectivity index (χ1) is 13.5. The Hall–Kier alpha value is -2.72. The Morgan fingerprint density at radius 3 is 2.14 bits per heavy atom. The van der Waals surface area contributed by atoms with Crippen LogP contribution in [-0.4, -0.2) is 40.7 Å². The van der Waals surface area contributed by atoms with Gasteiger partial charge in [-0.1, -0.05) is 31.5 Å². The smallest absolute Gasteiger partial charge is 0.264 e. The molecule has 29 heavy (non-hydrogen) atoms. The lowest BCUT2D eigenvalue weighted by molar-refractivity contribution is 0.0972. The standard InChI is InChI=1S/C19H21N2O6S2/c1-3-4-12-29(26,27)21-18(22)15-10-8-14(9-11-15)16-6-5-7-17(13-16)19(23)20-28(2,24)25/h5,7-11,13H,3-4,12H2,1-2H3,(H,20,23)(H,21,22). The van der Waals surface area contributed by atoms with Crippen molar-refractivity contribution in [2.24, 2.45) is 0 Å². The van der Waals surface area contributed by atoms with E-state index >= 15 is 0 Å². The van der Waals surface area contributed by atoms with Crippen LogP contribution in [0.2, 0.25) is 0 Å². The zero-order valence-corrected chi connectivity index (χ0v) is 17.6. The van der Waals surface area contributed by atoms with Gasteiger partial charge < -0.3 is 0 Å². The molecule has 8 nitrogen and oxygen atoms in total. The summed E-state index contributed by atoms with van der Waals surface area (Å²) in [5, 5.41) is 0. The molecule has 1 radical (unpaired) electrons. The number of amides is 2. The highest BCUT2D eigenvalue weighted by atomic mass is 32.2. The Morgan fingerprint density at radius 2 is 1.55 bits per heavy atom. The lowest BCUT2D eigenvalue weighted by atomic mass is 10.0. The van der Waals surface area contributed by atoms with Crippen LogP contribution in [0.4, 0.5) is 0 Å². The molecule has 2 N–H and O–H groups in total. The monoisotopic (exact) mass is 437 g/mol. The summed E-state index contributed by atoms with van der Waals surface area (Å²) in [4.78, 5) is 24.1. The van der Waals surface area contributed by atoms with Crippen molar-refractivity contribution in [2.75, 3.05) is 12.0 Å². The maximum atomic E-state index is 12.1. The number of sulfonamides is 2. The van der Waals surface area contributed by atoms with E-state index in [0.717, 1.165) is 6.26 Å². The molecule has 0 heterocycles. The van der Waals surface area contributed by atoms with E-state index in [1.54, 1.807) is 12.1 Å². The van der Waals surface area contributed by atoms with Gasteiger partial charge in [-0.15, -0.1) is 0 Å². The van der Waals surface area contributed by atoms with Gasteiger partial charge in [0.15, 0.2) is 0 Å². The van der Waals surface area contributed by atoms with E-state index in [4.69, 9.17) is 0 Å². The molecular weight excluding hydrogens is 416 g/mol. The van der Waals surface area contributed by atoms with Crippen LogP contribution in [0.1, 0.15) is 40.5 Å². The van der Waals surface area contributed by atoms with Crippen molar-refractivity contribution in [3.63, 3.8) is 0 Å². The third-order valence-electron chi connectivity index (χ3n) is 3.81. The van der Waals surface area contributed by atoms with E-state index < -0.39 is 31.9 Å². The van der Waals surface area contributed by atoms with Crippen LogP contribution in [0, 0.1) is 6.07 Å². The molecule has 0 atom stereocenters. The minimum absolute atomic E-state index is 0.120. The van der Waals surface area contributed by atoms with Gasteiger partial charge >= 0.3 is 0 Å². The summed E-state index contributed by atoms with van der Waals surface area (Å²) in [6.45, 7) is 1.85. The van der Waals surface area contributed by atoms with Gasteiger partial charge in [-0.3, -0.25) is 9.59 Å². The Balaban J connectivity index is 2.17. The molecule has 0 aliphatic rings. The average Bonchev–Trinajstić information content (AvgIpc) is 2.65. The molecule has 0 saturated heterocycles. The summed E-state index contributed by atoms with van der Waals surface area (Å²) in [7, 11) is -7.37. The Morgan fingerprint density at radius 1 is 0.931 bits per heavy atom. The van der Waals surface area contributed by atoms with Gasteiger partial charge in [-0.05, 0) is 47.9 Å². The molecule has 0 fully saturated rings. The number of carbonyl (C=O) groups excluding carboxylic acids is 2. The average molecular weight is 438 g/mol. The quantitative estimate of drug-likeness (QED) is 0.647. The highest BCUT2D eigenvalue weighted by molar-refractivity contribution is 7.90. The van der Waals surface area contributed by atoms with Crippen molar-refractivity contribution < 1.29 is 26.4 Å². The maximum absolute atomic E-state index is 12.1. The van der Waals surface area contributed by atoms with Crippen LogP contribution < -0.4 is 9.44 Å². The van der Waals surface area contributed by atoms with Crippen molar-refractivity contribution in [3.8, 4) is 11.1 Å². The van der Waals surface area contributed by atoms with Crippen molar-refractivity contribution in [3.05, 3.63) is 59.7 Å². The van der Waals surface area contributed by atoms with Crippen LogP contribution in [0.25, 0.3) is 11.1 Å². The molecule has 155 valence electrons. The molecule has 2 rings (SSSR count). The molecule has 0 bridgehead atoms. The first-order valence-electron chi connectivity index (χ1n) is 8.70. The van der Waals surface area contributed by atoms with E-state index in [9.17, 15) is 26.4 Å². The van der Waals surface area contributed by atoms with E-state index in [0.29, 0.717) is 24.0 Å². The van der Waals surface area contributed by atoms with Gasteiger partial charge in [0.1, 0.15) is 0 Å².